The van der Waals surface area contributed by atoms with E-state index in [-0.39, 0.29) is 29.8 Å². The third kappa shape index (κ3) is 4.29. The molecule has 0 aromatic carbocycles. The van der Waals surface area contributed by atoms with Gasteiger partial charge in [0.2, 0.25) is 0 Å². The Kier molecular flexibility index (Phi) is 6.66. The van der Waals surface area contributed by atoms with Crippen LogP contribution in [0.5, 0.6) is 0 Å². The van der Waals surface area contributed by atoms with Crippen LogP contribution < -0.4 is 10.6 Å². The van der Waals surface area contributed by atoms with Crippen LogP contribution in [0.4, 0.5) is 0 Å². The standard InChI is InChI=1S/C17H28N4O2.ClH/c1-17(8-3-2-6-15(17)22)12-19-16(23)14-7-10-21(20-14)13-5-4-9-18-11-13;/h7,10,13,15,18,22H,2-6,8-9,11-12H2,1H3,(H,19,23);1H. The maximum Gasteiger partial charge on any atom is 0.271 e. The number of aromatic nitrogens is 2. The number of nitrogens with one attached hydrogen (secondary N) is 2. The summed E-state index contributed by atoms with van der Waals surface area (Å²) >= 11 is 0. The van der Waals surface area contributed by atoms with Gasteiger partial charge in [-0.3, -0.25) is 9.48 Å². The van der Waals surface area contributed by atoms with Crippen LogP contribution in [0, 0.1) is 5.41 Å². The van der Waals surface area contributed by atoms with Gasteiger partial charge in [-0.2, -0.15) is 5.10 Å². The first-order valence-corrected chi connectivity index (χ1v) is 8.81. The predicted molar refractivity (Wildman–Crippen MR) is 95.5 cm³/mol. The number of rotatable bonds is 4. The minimum absolute atomic E-state index is 0. The van der Waals surface area contributed by atoms with Gasteiger partial charge in [-0.1, -0.05) is 19.8 Å². The molecule has 3 rings (SSSR count). The van der Waals surface area contributed by atoms with E-state index in [0.717, 1.165) is 51.6 Å². The highest BCUT2D eigenvalue weighted by Crippen LogP contribution is 2.35. The van der Waals surface area contributed by atoms with Crippen LogP contribution in [-0.4, -0.2) is 46.5 Å². The van der Waals surface area contributed by atoms with Crippen LogP contribution >= 0.6 is 12.4 Å². The number of hydrogen-bond donors (Lipinski definition) is 3. The second-order valence-corrected chi connectivity index (χ2v) is 7.28. The number of hydrogen-bond acceptors (Lipinski definition) is 4. The molecule has 24 heavy (non-hydrogen) atoms. The molecule has 2 fully saturated rings. The van der Waals surface area contributed by atoms with E-state index in [1.54, 1.807) is 6.07 Å². The Morgan fingerprint density at radius 3 is 3.00 bits per heavy atom. The van der Waals surface area contributed by atoms with Crippen molar-refractivity contribution in [1.29, 1.82) is 0 Å². The second kappa shape index (κ2) is 8.32. The molecule has 1 amide bonds. The summed E-state index contributed by atoms with van der Waals surface area (Å²) in [5.41, 5.74) is 0.244. The molecule has 1 aliphatic carbocycles. The molecule has 1 aromatic rings. The van der Waals surface area contributed by atoms with Crippen LogP contribution in [0.25, 0.3) is 0 Å². The summed E-state index contributed by atoms with van der Waals surface area (Å²) in [7, 11) is 0. The van der Waals surface area contributed by atoms with Gasteiger partial charge in [-0.05, 0) is 38.3 Å². The number of carbonyl (C=O) groups excluding carboxylic acids is 1. The monoisotopic (exact) mass is 356 g/mol. The number of aliphatic hydroxyl groups excluding tert-OH is 1. The molecule has 1 aromatic heterocycles. The van der Waals surface area contributed by atoms with Crippen molar-refractivity contribution >= 4 is 18.3 Å². The van der Waals surface area contributed by atoms with E-state index in [1.807, 2.05) is 10.9 Å². The fourth-order valence-corrected chi connectivity index (χ4v) is 3.68. The summed E-state index contributed by atoms with van der Waals surface area (Å²) in [6, 6.07) is 2.12. The third-order valence-corrected chi connectivity index (χ3v) is 5.42. The maximum absolute atomic E-state index is 12.3. The summed E-state index contributed by atoms with van der Waals surface area (Å²) < 4.78 is 1.90. The largest absolute Gasteiger partial charge is 0.392 e. The zero-order chi connectivity index (χ0) is 16.3. The molecule has 3 unspecified atom stereocenters. The lowest BCUT2D eigenvalue weighted by atomic mass is 9.73. The number of aliphatic hydroxyl groups is 1. The van der Waals surface area contributed by atoms with Gasteiger partial charge >= 0.3 is 0 Å². The van der Waals surface area contributed by atoms with Gasteiger partial charge in [0, 0.05) is 24.7 Å². The quantitative estimate of drug-likeness (QED) is 0.769. The van der Waals surface area contributed by atoms with Crippen molar-refractivity contribution in [3.63, 3.8) is 0 Å². The minimum Gasteiger partial charge on any atom is -0.392 e. The lowest BCUT2D eigenvalue weighted by Gasteiger charge is -2.38. The smallest absolute Gasteiger partial charge is 0.271 e. The summed E-state index contributed by atoms with van der Waals surface area (Å²) in [5.74, 6) is -0.147. The average Bonchev–Trinajstić information content (AvgIpc) is 3.07. The van der Waals surface area contributed by atoms with Gasteiger partial charge in [0.05, 0.1) is 12.1 Å². The molecular weight excluding hydrogens is 328 g/mol. The number of amides is 1. The predicted octanol–water partition coefficient (Wildman–Crippen LogP) is 1.90. The van der Waals surface area contributed by atoms with E-state index >= 15 is 0 Å². The first-order chi connectivity index (χ1) is 11.1. The first-order valence-electron chi connectivity index (χ1n) is 8.81. The van der Waals surface area contributed by atoms with Crippen LogP contribution in [-0.2, 0) is 0 Å². The summed E-state index contributed by atoms with van der Waals surface area (Å²) in [5, 5.41) is 21.0. The SMILES string of the molecule is CC1(CNC(=O)c2ccn(C3CCCNC3)n2)CCCCC1O.Cl. The Morgan fingerprint density at radius 2 is 2.29 bits per heavy atom. The molecule has 0 radical (unpaired) electrons. The molecule has 1 saturated carbocycles. The Balaban J connectivity index is 0.00000208. The Labute approximate surface area is 149 Å². The molecule has 2 heterocycles. The van der Waals surface area contributed by atoms with E-state index in [2.05, 4.69) is 22.7 Å². The Morgan fingerprint density at radius 1 is 1.46 bits per heavy atom. The van der Waals surface area contributed by atoms with Crippen molar-refractivity contribution in [3.05, 3.63) is 18.0 Å². The highest BCUT2D eigenvalue weighted by molar-refractivity contribution is 5.92. The van der Waals surface area contributed by atoms with E-state index in [1.165, 1.54) is 0 Å². The van der Waals surface area contributed by atoms with E-state index in [0.29, 0.717) is 18.3 Å². The lowest BCUT2D eigenvalue weighted by Crippen LogP contribution is -2.45. The Bertz CT molecular complexity index is 544. The highest BCUT2D eigenvalue weighted by atomic mass is 35.5. The molecule has 1 aliphatic heterocycles. The van der Waals surface area contributed by atoms with Gasteiger partial charge in [0.1, 0.15) is 5.69 Å². The van der Waals surface area contributed by atoms with Crippen LogP contribution in [0.3, 0.4) is 0 Å². The summed E-state index contributed by atoms with van der Waals surface area (Å²) in [6.45, 7) is 4.53. The number of piperidine rings is 1. The van der Waals surface area contributed by atoms with Crippen LogP contribution in [0.15, 0.2) is 12.3 Å². The molecule has 2 aliphatic rings. The van der Waals surface area contributed by atoms with Crippen molar-refractivity contribution in [1.82, 2.24) is 20.4 Å². The highest BCUT2D eigenvalue weighted by Gasteiger charge is 2.35. The topological polar surface area (TPSA) is 79.2 Å². The molecule has 0 spiro atoms. The van der Waals surface area contributed by atoms with Crippen molar-refractivity contribution in [2.75, 3.05) is 19.6 Å². The van der Waals surface area contributed by atoms with E-state index in [4.69, 9.17) is 0 Å². The van der Waals surface area contributed by atoms with Crippen molar-refractivity contribution in [2.45, 2.75) is 57.6 Å². The van der Waals surface area contributed by atoms with E-state index < -0.39 is 0 Å². The second-order valence-electron chi connectivity index (χ2n) is 7.28. The third-order valence-electron chi connectivity index (χ3n) is 5.42. The number of halogens is 1. The number of carbonyl (C=O) groups is 1. The lowest BCUT2D eigenvalue weighted by molar-refractivity contribution is 0.00186. The van der Waals surface area contributed by atoms with Gasteiger partial charge in [0.15, 0.2) is 0 Å². The maximum atomic E-state index is 12.3. The zero-order valence-electron chi connectivity index (χ0n) is 14.3. The van der Waals surface area contributed by atoms with Crippen molar-refractivity contribution in [3.8, 4) is 0 Å². The minimum atomic E-state index is -0.331. The van der Waals surface area contributed by atoms with Gasteiger partial charge in [0.25, 0.3) is 5.91 Å². The van der Waals surface area contributed by atoms with E-state index in [9.17, 15) is 9.90 Å². The van der Waals surface area contributed by atoms with Crippen LogP contribution in [0.2, 0.25) is 0 Å². The Hall–Kier alpha value is -1.11. The van der Waals surface area contributed by atoms with Gasteiger partial charge < -0.3 is 15.7 Å². The summed E-state index contributed by atoms with van der Waals surface area (Å²) in [6.07, 6.45) is 7.78. The fourth-order valence-electron chi connectivity index (χ4n) is 3.68. The van der Waals surface area contributed by atoms with Crippen LogP contribution in [0.1, 0.15) is 62.0 Å². The molecule has 3 atom stereocenters. The fraction of sp³-hybridized carbons (Fsp3) is 0.765. The molecule has 6 nitrogen and oxygen atoms in total. The van der Waals surface area contributed by atoms with Gasteiger partial charge in [-0.25, -0.2) is 0 Å². The molecule has 0 bridgehead atoms. The average molecular weight is 357 g/mol. The summed E-state index contributed by atoms with van der Waals surface area (Å²) in [4.78, 5) is 12.3. The molecule has 7 heteroatoms. The van der Waals surface area contributed by atoms with Crippen molar-refractivity contribution in [2.24, 2.45) is 5.41 Å². The molecule has 1 saturated heterocycles. The first kappa shape index (κ1) is 19.2. The van der Waals surface area contributed by atoms with Crippen molar-refractivity contribution < 1.29 is 9.90 Å². The molecule has 136 valence electrons. The number of nitrogens with zero attached hydrogens (tertiary/aromatic N) is 2. The van der Waals surface area contributed by atoms with Gasteiger partial charge in [-0.15, -0.1) is 12.4 Å². The normalized spacial score (nSPS) is 30.4. The molecular formula is C17H29ClN4O2. The zero-order valence-corrected chi connectivity index (χ0v) is 15.1. The molecule has 3 N–H and O–H groups in total.